The maximum absolute atomic E-state index is 12.2. The molecule has 1 atom stereocenters. The van der Waals surface area contributed by atoms with Crippen molar-refractivity contribution in [1.82, 2.24) is 9.88 Å². The molecule has 8 heteroatoms. The van der Waals surface area contributed by atoms with Gasteiger partial charge in [0.05, 0.1) is 16.8 Å². The van der Waals surface area contributed by atoms with Crippen LogP contribution >= 0.6 is 11.3 Å². The number of aliphatic hydroxyl groups excluding tert-OH is 1. The molecule has 7 nitrogen and oxygen atoms in total. The highest BCUT2D eigenvalue weighted by molar-refractivity contribution is 7.12. The quantitative estimate of drug-likeness (QED) is 0.546. The normalized spacial score (nSPS) is 15.7. The van der Waals surface area contributed by atoms with Crippen LogP contribution in [0.1, 0.15) is 16.1 Å². The number of carbonyl (C=O) groups excluding carboxylic acids is 1. The Kier molecular flexibility index (Phi) is 7.71. The van der Waals surface area contributed by atoms with Crippen molar-refractivity contribution in [3.63, 3.8) is 0 Å². The summed E-state index contributed by atoms with van der Waals surface area (Å²) in [6, 6.07) is 17.1. The van der Waals surface area contributed by atoms with Crippen LogP contribution in [0.25, 0.3) is 0 Å². The van der Waals surface area contributed by atoms with Crippen molar-refractivity contribution in [3.05, 3.63) is 71.1 Å². The predicted octanol–water partition coefficient (Wildman–Crippen LogP) is 3.35. The van der Waals surface area contributed by atoms with Crippen LogP contribution < -0.4 is 15.0 Å². The number of anilines is 2. The largest absolute Gasteiger partial charge is 0.491 e. The third kappa shape index (κ3) is 6.29. The fourth-order valence-corrected chi connectivity index (χ4v) is 4.31. The van der Waals surface area contributed by atoms with E-state index in [1.54, 1.807) is 12.3 Å². The lowest BCUT2D eigenvalue weighted by Crippen LogP contribution is -2.38. The minimum absolute atomic E-state index is 0.116. The minimum atomic E-state index is -0.536. The summed E-state index contributed by atoms with van der Waals surface area (Å²) in [5, 5.41) is 15.1. The number of pyridine rings is 1. The van der Waals surface area contributed by atoms with E-state index in [0.717, 1.165) is 44.2 Å². The summed E-state index contributed by atoms with van der Waals surface area (Å²) in [5.74, 6) is 1.55. The van der Waals surface area contributed by atoms with Gasteiger partial charge in [0, 0.05) is 26.2 Å². The summed E-state index contributed by atoms with van der Waals surface area (Å²) >= 11 is 1.41. The lowest BCUT2D eigenvalue weighted by atomic mass is 10.3. The second-order valence-corrected chi connectivity index (χ2v) is 8.70. The lowest BCUT2D eigenvalue weighted by molar-refractivity contribution is 0.0705. The van der Waals surface area contributed by atoms with E-state index in [1.807, 2.05) is 53.9 Å². The number of carbonyl (C=O) groups is 1. The summed E-state index contributed by atoms with van der Waals surface area (Å²) in [6.07, 6.45) is 2.16. The maximum atomic E-state index is 12.2. The number of amides is 1. The number of aliphatic hydroxyl groups is 1. The van der Waals surface area contributed by atoms with Crippen LogP contribution in [0.5, 0.6) is 5.75 Å². The second-order valence-electron chi connectivity index (χ2n) is 7.76. The number of rotatable bonds is 8. The molecule has 1 unspecified atom stereocenters. The first kappa shape index (κ1) is 22.3. The van der Waals surface area contributed by atoms with Gasteiger partial charge in [-0.15, -0.1) is 11.3 Å². The smallest absolute Gasteiger partial charge is 0.265 e. The molecule has 1 aliphatic heterocycles. The topological polar surface area (TPSA) is 77.9 Å². The van der Waals surface area contributed by atoms with Crippen LogP contribution in [0.2, 0.25) is 0 Å². The van der Waals surface area contributed by atoms with Gasteiger partial charge in [0.1, 0.15) is 24.3 Å². The third-order valence-electron chi connectivity index (χ3n) is 5.32. The number of hydrogen-bond acceptors (Lipinski definition) is 7. The van der Waals surface area contributed by atoms with Crippen LogP contribution in [-0.4, -0.2) is 66.3 Å². The summed E-state index contributed by atoms with van der Waals surface area (Å²) in [7, 11) is 0. The molecular formula is C24H28N4O3S. The van der Waals surface area contributed by atoms with E-state index in [1.165, 1.54) is 11.3 Å². The fraction of sp³-hybridized carbons (Fsp3) is 0.333. The Hall–Kier alpha value is -2.94. The number of aromatic nitrogens is 1. The molecule has 168 valence electrons. The number of ether oxygens (including phenoxy) is 1. The number of hydrogen-bond donors (Lipinski definition) is 2. The summed E-state index contributed by atoms with van der Waals surface area (Å²) in [4.78, 5) is 21.9. The van der Waals surface area contributed by atoms with Crippen LogP contribution in [0.15, 0.2) is 66.2 Å². The molecule has 0 aliphatic carbocycles. The van der Waals surface area contributed by atoms with Crippen LogP contribution in [0.3, 0.4) is 0 Å². The number of nitrogens with zero attached hydrogens (tertiary/aromatic N) is 3. The van der Waals surface area contributed by atoms with Crippen molar-refractivity contribution in [2.45, 2.75) is 12.5 Å². The van der Waals surface area contributed by atoms with E-state index in [4.69, 9.17) is 4.74 Å². The van der Waals surface area contributed by atoms with E-state index in [9.17, 15) is 9.90 Å². The number of benzene rings is 1. The van der Waals surface area contributed by atoms with Gasteiger partial charge >= 0.3 is 0 Å². The highest BCUT2D eigenvalue weighted by Crippen LogP contribution is 2.18. The van der Waals surface area contributed by atoms with Gasteiger partial charge in [-0.3, -0.25) is 9.69 Å². The van der Waals surface area contributed by atoms with Gasteiger partial charge in [0.15, 0.2) is 0 Å². The van der Waals surface area contributed by atoms with Crippen LogP contribution in [-0.2, 0) is 0 Å². The third-order valence-corrected chi connectivity index (χ3v) is 6.19. The Morgan fingerprint density at radius 2 is 1.97 bits per heavy atom. The average molecular weight is 453 g/mol. The first-order valence-electron chi connectivity index (χ1n) is 10.8. The molecule has 0 radical (unpaired) electrons. The Labute approximate surface area is 192 Å². The second kappa shape index (κ2) is 11.1. The lowest BCUT2D eigenvalue weighted by Gasteiger charge is -2.24. The molecule has 0 bridgehead atoms. The van der Waals surface area contributed by atoms with E-state index >= 15 is 0 Å². The van der Waals surface area contributed by atoms with Gasteiger partial charge in [-0.2, -0.15) is 0 Å². The van der Waals surface area contributed by atoms with Gasteiger partial charge in [-0.05, 0) is 48.7 Å². The Balaban J connectivity index is 1.24. The average Bonchev–Trinajstić information content (AvgIpc) is 3.27. The van der Waals surface area contributed by atoms with Crippen molar-refractivity contribution < 1.29 is 14.6 Å². The number of β-amino-alcohol motifs (C(OH)–C–C–N with tert-alkyl or cyclic N) is 1. The molecule has 32 heavy (non-hydrogen) atoms. The zero-order valence-electron chi connectivity index (χ0n) is 17.9. The van der Waals surface area contributed by atoms with Crippen molar-refractivity contribution >= 4 is 28.7 Å². The highest BCUT2D eigenvalue weighted by Gasteiger charge is 2.19. The molecule has 3 heterocycles. The van der Waals surface area contributed by atoms with Gasteiger partial charge in [-0.25, -0.2) is 4.98 Å². The van der Waals surface area contributed by atoms with Crippen LogP contribution in [0, 0.1) is 0 Å². The van der Waals surface area contributed by atoms with E-state index in [2.05, 4.69) is 20.1 Å². The van der Waals surface area contributed by atoms with Crippen molar-refractivity contribution in [3.8, 4) is 5.75 Å². The monoisotopic (exact) mass is 452 g/mol. The highest BCUT2D eigenvalue weighted by atomic mass is 32.1. The van der Waals surface area contributed by atoms with Crippen molar-refractivity contribution in [2.75, 3.05) is 49.5 Å². The molecular weight excluding hydrogens is 424 g/mol. The standard InChI is InChI=1S/C24H28N4O3S/c29-20(18-31-21-6-2-1-3-7-21)17-27-11-5-12-28(14-13-27)23-10-9-19(16-25-23)26-24(30)22-8-4-15-32-22/h1-4,6-10,15-16,20,29H,5,11-14,17-18H2,(H,26,30). The molecule has 0 saturated carbocycles. The summed E-state index contributed by atoms with van der Waals surface area (Å²) in [5.41, 5.74) is 0.685. The first-order valence-corrected chi connectivity index (χ1v) is 11.7. The van der Waals surface area contributed by atoms with Gasteiger partial charge in [-0.1, -0.05) is 24.3 Å². The first-order chi connectivity index (χ1) is 15.7. The molecule has 1 fully saturated rings. The SMILES string of the molecule is O=C(Nc1ccc(N2CCCN(CC(O)COc3ccccc3)CC2)nc1)c1cccs1. The molecule has 3 aromatic rings. The van der Waals surface area contributed by atoms with Gasteiger partial charge in [0.25, 0.3) is 5.91 Å². The molecule has 0 spiro atoms. The zero-order chi connectivity index (χ0) is 22.2. The van der Waals surface area contributed by atoms with Gasteiger partial charge < -0.3 is 20.1 Å². The molecule has 1 saturated heterocycles. The van der Waals surface area contributed by atoms with Crippen molar-refractivity contribution in [1.29, 1.82) is 0 Å². The number of thiophene rings is 1. The van der Waals surface area contributed by atoms with Crippen molar-refractivity contribution in [2.24, 2.45) is 0 Å². The van der Waals surface area contributed by atoms with E-state index in [-0.39, 0.29) is 12.5 Å². The predicted molar refractivity (Wildman–Crippen MR) is 128 cm³/mol. The Morgan fingerprint density at radius 3 is 2.72 bits per heavy atom. The van der Waals surface area contributed by atoms with E-state index in [0.29, 0.717) is 17.1 Å². The summed E-state index contributed by atoms with van der Waals surface area (Å²) in [6.45, 7) is 4.38. The minimum Gasteiger partial charge on any atom is -0.491 e. The molecule has 1 aromatic carbocycles. The summed E-state index contributed by atoms with van der Waals surface area (Å²) < 4.78 is 5.67. The Morgan fingerprint density at radius 1 is 1.09 bits per heavy atom. The molecule has 4 rings (SSSR count). The Bertz CT molecular complexity index is 967. The number of para-hydroxylation sites is 1. The van der Waals surface area contributed by atoms with E-state index < -0.39 is 6.10 Å². The maximum Gasteiger partial charge on any atom is 0.265 e. The molecule has 2 N–H and O–H groups in total. The van der Waals surface area contributed by atoms with Crippen LogP contribution in [0.4, 0.5) is 11.5 Å². The molecule has 1 amide bonds. The van der Waals surface area contributed by atoms with Gasteiger partial charge in [0.2, 0.25) is 0 Å². The zero-order valence-corrected chi connectivity index (χ0v) is 18.7. The fourth-order valence-electron chi connectivity index (χ4n) is 3.69. The molecule has 2 aromatic heterocycles. The number of nitrogens with one attached hydrogen (secondary N) is 1. The molecule has 1 aliphatic rings.